The summed E-state index contributed by atoms with van der Waals surface area (Å²) < 4.78 is 0. The van der Waals surface area contributed by atoms with E-state index >= 15 is 0 Å². The van der Waals surface area contributed by atoms with Gasteiger partial charge in [-0.3, -0.25) is 9.59 Å². The highest BCUT2D eigenvalue weighted by Crippen LogP contribution is 2.61. The number of aliphatic carboxylic acids is 2. The minimum absolute atomic E-state index is 0.00616. The Bertz CT molecular complexity index is 381. The lowest BCUT2D eigenvalue weighted by Gasteiger charge is -2.51. The molecular formula is C18H30O4. The van der Waals surface area contributed by atoms with E-state index in [0.717, 1.165) is 51.4 Å². The van der Waals surface area contributed by atoms with Crippen molar-refractivity contribution in [3.05, 3.63) is 0 Å². The third-order valence-electron chi connectivity index (χ3n) is 6.78. The Balaban J connectivity index is 2.60. The molecule has 2 aliphatic carbocycles. The van der Waals surface area contributed by atoms with Gasteiger partial charge in [0, 0.05) is 0 Å². The van der Waals surface area contributed by atoms with Gasteiger partial charge >= 0.3 is 11.9 Å². The fraction of sp³-hybridized carbons (Fsp3) is 0.889. The zero-order valence-electron chi connectivity index (χ0n) is 13.9. The first-order valence-corrected chi connectivity index (χ1v) is 8.94. The monoisotopic (exact) mass is 310 g/mol. The maximum absolute atomic E-state index is 12.4. The molecule has 2 unspecified atom stereocenters. The Morgan fingerprint density at radius 2 is 1.05 bits per heavy atom. The van der Waals surface area contributed by atoms with E-state index in [1.807, 2.05) is 13.8 Å². The number of hydrogen-bond donors (Lipinski definition) is 2. The molecule has 0 spiro atoms. The van der Waals surface area contributed by atoms with Crippen molar-refractivity contribution >= 4 is 11.9 Å². The molecule has 0 saturated heterocycles. The van der Waals surface area contributed by atoms with Crippen LogP contribution in [0.5, 0.6) is 0 Å². The van der Waals surface area contributed by atoms with E-state index in [9.17, 15) is 19.8 Å². The van der Waals surface area contributed by atoms with Crippen LogP contribution in [0, 0.1) is 22.7 Å². The standard InChI is InChI=1S/C18H30O4/c1-3-17(15(19)20,13-9-5-6-10-13)18(4-2,16(21)22)14-11-7-8-12-14/h13-14H,3-12H2,1-2H3,(H,19,20)(H,21,22). The highest BCUT2D eigenvalue weighted by Gasteiger charge is 2.66. The molecule has 0 bridgehead atoms. The molecule has 0 aromatic rings. The summed E-state index contributed by atoms with van der Waals surface area (Å²) in [7, 11) is 0. The van der Waals surface area contributed by atoms with Gasteiger partial charge < -0.3 is 10.2 Å². The number of carboxylic acids is 2. The largest absolute Gasteiger partial charge is 0.481 e. The van der Waals surface area contributed by atoms with Crippen molar-refractivity contribution in [1.29, 1.82) is 0 Å². The molecule has 4 heteroatoms. The van der Waals surface area contributed by atoms with Crippen molar-refractivity contribution in [2.45, 2.75) is 78.1 Å². The topological polar surface area (TPSA) is 74.6 Å². The van der Waals surface area contributed by atoms with E-state index in [1.54, 1.807) is 0 Å². The molecule has 2 saturated carbocycles. The molecule has 2 fully saturated rings. The summed E-state index contributed by atoms with van der Waals surface area (Å²) in [5, 5.41) is 20.4. The average Bonchev–Trinajstić information content (AvgIpc) is 3.16. The summed E-state index contributed by atoms with van der Waals surface area (Å²) in [5.41, 5.74) is -2.22. The van der Waals surface area contributed by atoms with Crippen molar-refractivity contribution in [3.8, 4) is 0 Å². The van der Waals surface area contributed by atoms with Crippen LogP contribution >= 0.6 is 0 Å². The minimum Gasteiger partial charge on any atom is -0.481 e. The summed E-state index contributed by atoms with van der Waals surface area (Å²) in [6, 6.07) is 0. The van der Waals surface area contributed by atoms with Crippen LogP contribution in [0.2, 0.25) is 0 Å². The fourth-order valence-electron chi connectivity index (χ4n) is 5.81. The van der Waals surface area contributed by atoms with Crippen molar-refractivity contribution in [2.24, 2.45) is 22.7 Å². The molecule has 2 atom stereocenters. The number of hydrogen-bond acceptors (Lipinski definition) is 2. The summed E-state index contributed by atoms with van der Waals surface area (Å²) in [6.45, 7) is 3.77. The molecule has 2 N–H and O–H groups in total. The van der Waals surface area contributed by atoms with Crippen LogP contribution in [0.4, 0.5) is 0 Å². The smallest absolute Gasteiger partial charge is 0.311 e. The molecule has 0 aromatic heterocycles. The van der Waals surface area contributed by atoms with Crippen molar-refractivity contribution in [2.75, 3.05) is 0 Å². The van der Waals surface area contributed by atoms with Crippen LogP contribution in [-0.4, -0.2) is 22.2 Å². The third-order valence-corrected chi connectivity index (χ3v) is 6.78. The van der Waals surface area contributed by atoms with Gasteiger partial charge in [-0.25, -0.2) is 0 Å². The molecule has 2 rings (SSSR count). The van der Waals surface area contributed by atoms with Crippen LogP contribution in [0.15, 0.2) is 0 Å². The SMILES string of the molecule is CCC(C(=O)O)(C1CCCC1)C(CC)(C(=O)O)C1CCCC1. The number of carbonyl (C=O) groups is 2. The highest BCUT2D eigenvalue weighted by atomic mass is 16.4. The molecule has 4 nitrogen and oxygen atoms in total. The van der Waals surface area contributed by atoms with Gasteiger partial charge in [0.25, 0.3) is 0 Å². The first kappa shape index (κ1) is 17.3. The summed E-state index contributed by atoms with van der Waals surface area (Å²) in [4.78, 5) is 24.9. The highest BCUT2D eigenvalue weighted by molar-refractivity contribution is 5.87. The van der Waals surface area contributed by atoms with E-state index in [1.165, 1.54) is 0 Å². The first-order chi connectivity index (χ1) is 10.5. The van der Waals surface area contributed by atoms with Gasteiger partial charge in [-0.05, 0) is 50.4 Å². The first-order valence-electron chi connectivity index (χ1n) is 8.94. The predicted molar refractivity (Wildman–Crippen MR) is 84.6 cm³/mol. The van der Waals surface area contributed by atoms with Crippen LogP contribution in [0.1, 0.15) is 78.1 Å². The van der Waals surface area contributed by atoms with Gasteiger partial charge in [0.05, 0.1) is 10.8 Å². The third kappa shape index (κ3) is 2.26. The summed E-state index contributed by atoms with van der Waals surface area (Å²) >= 11 is 0. The molecule has 0 radical (unpaired) electrons. The van der Waals surface area contributed by atoms with Gasteiger partial charge in [0.15, 0.2) is 0 Å². The average molecular weight is 310 g/mol. The second-order valence-corrected chi connectivity index (χ2v) is 7.22. The Labute approximate surface area is 133 Å². The van der Waals surface area contributed by atoms with Crippen molar-refractivity contribution in [3.63, 3.8) is 0 Å². The molecule has 2 aliphatic rings. The molecule has 0 heterocycles. The normalized spacial score (nSPS) is 25.7. The maximum Gasteiger partial charge on any atom is 0.311 e. The number of carboxylic acid groups (broad SMARTS) is 2. The van der Waals surface area contributed by atoms with E-state index in [4.69, 9.17) is 0 Å². The van der Waals surface area contributed by atoms with Gasteiger partial charge in [-0.15, -0.1) is 0 Å². The lowest BCUT2D eigenvalue weighted by molar-refractivity contribution is -0.190. The molecule has 126 valence electrons. The maximum atomic E-state index is 12.4. The van der Waals surface area contributed by atoms with E-state index in [-0.39, 0.29) is 11.8 Å². The second kappa shape index (κ2) is 6.59. The van der Waals surface area contributed by atoms with E-state index < -0.39 is 22.8 Å². The van der Waals surface area contributed by atoms with Gasteiger partial charge in [0.1, 0.15) is 0 Å². The fourth-order valence-corrected chi connectivity index (χ4v) is 5.81. The van der Waals surface area contributed by atoms with Gasteiger partial charge in [-0.2, -0.15) is 0 Å². The Hall–Kier alpha value is -1.06. The summed E-state index contributed by atoms with van der Waals surface area (Å²) in [6.07, 6.45) is 8.42. The zero-order chi connectivity index (χ0) is 16.4. The van der Waals surface area contributed by atoms with Gasteiger partial charge in [-0.1, -0.05) is 39.5 Å². The molecule has 0 aromatic carbocycles. The minimum atomic E-state index is -1.11. The lowest BCUT2D eigenvalue weighted by Crippen LogP contribution is -2.58. The Morgan fingerprint density at radius 1 is 0.773 bits per heavy atom. The van der Waals surface area contributed by atoms with Crippen molar-refractivity contribution < 1.29 is 19.8 Å². The lowest BCUT2D eigenvalue weighted by atomic mass is 9.49. The second-order valence-electron chi connectivity index (χ2n) is 7.22. The van der Waals surface area contributed by atoms with Crippen LogP contribution < -0.4 is 0 Å². The summed E-state index contributed by atoms with van der Waals surface area (Å²) in [5.74, 6) is -1.74. The molecule has 0 aliphatic heterocycles. The molecule has 0 amide bonds. The predicted octanol–water partition coefficient (Wildman–Crippen LogP) is 4.33. The Kier molecular flexibility index (Phi) is 5.18. The van der Waals surface area contributed by atoms with Gasteiger partial charge in [0.2, 0.25) is 0 Å². The quantitative estimate of drug-likeness (QED) is 0.734. The van der Waals surface area contributed by atoms with E-state index in [2.05, 4.69) is 0 Å². The zero-order valence-corrected chi connectivity index (χ0v) is 13.9. The van der Waals surface area contributed by atoms with Crippen LogP contribution in [0.25, 0.3) is 0 Å². The van der Waals surface area contributed by atoms with Crippen LogP contribution in [0.3, 0.4) is 0 Å². The molecular weight excluding hydrogens is 280 g/mol. The van der Waals surface area contributed by atoms with Crippen LogP contribution in [-0.2, 0) is 9.59 Å². The Morgan fingerprint density at radius 3 is 1.23 bits per heavy atom. The number of rotatable bonds is 7. The van der Waals surface area contributed by atoms with E-state index in [0.29, 0.717) is 12.8 Å². The van der Waals surface area contributed by atoms with Crippen molar-refractivity contribution in [1.82, 2.24) is 0 Å². The molecule has 22 heavy (non-hydrogen) atoms.